The number of carbonyl (C=O) groups is 2. The lowest BCUT2D eigenvalue weighted by atomic mass is 9.94. The standard InChI is InChI=1S/C11H18O6/c1-7-11(9(13)15-5,6-8(12)14-4)17-10(2,3)16-7/h7H,6H2,1-5H3/t7-,11+/m1/s1. The molecule has 0 spiro atoms. The number of hydrogen-bond acceptors (Lipinski definition) is 6. The van der Waals surface area contributed by atoms with Crippen LogP contribution < -0.4 is 0 Å². The first kappa shape index (κ1) is 13.9. The van der Waals surface area contributed by atoms with E-state index in [1.807, 2.05) is 0 Å². The summed E-state index contributed by atoms with van der Waals surface area (Å²) in [5.41, 5.74) is -1.44. The van der Waals surface area contributed by atoms with Gasteiger partial charge in [-0.2, -0.15) is 0 Å². The monoisotopic (exact) mass is 246 g/mol. The molecule has 1 fully saturated rings. The highest BCUT2D eigenvalue weighted by Gasteiger charge is 2.58. The van der Waals surface area contributed by atoms with Crippen LogP contribution in [0.4, 0.5) is 0 Å². The summed E-state index contributed by atoms with van der Waals surface area (Å²) in [7, 11) is 2.49. The molecule has 17 heavy (non-hydrogen) atoms. The fourth-order valence-electron chi connectivity index (χ4n) is 1.99. The van der Waals surface area contributed by atoms with E-state index in [0.29, 0.717) is 0 Å². The van der Waals surface area contributed by atoms with Gasteiger partial charge in [0.05, 0.1) is 26.7 Å². The van der Waals surface area contributed by atoms with E-state index in [1.165, 1.54) is 14.2 Å². The van der Waals surface area contributed by atoms with Gasteiger partial charge in [0.1, 0.15) is 0 Å². The van der Waals surface area contributed by atoms with Crippen molar-refractivity contribution in [1.29, 1.82) is 0 Å². The predicted molar refractivity (Wildman–Crippen MR) is 57.1 cm³/mol. The SMILES string of the molecule is COC(=O)C[C@]1(C(=O)OC)OC(C)(C)O[C@@H]1C. The average molecular weight is 246 g/mol. The second kappa shape index (κ2) is 4.62. The molecule has 0 saturated carbocycles. The van der Waals surface area contributed by atoms with E-state index in [0.717, 1.165) is 0 Å². The van der Waals surface area contributed by atoms with Crippen LogP contribution >= 0.6 is 0 Å². The number of methoxy groups -OCH3 is 2. The van der Waals surface area contributed by atoms with Crippen molar-refractivity contribution in [2.45, 2.75) is 44.7 Å². The van der Waals surface area contributed by atoms with Crippen LogP contribution in [0, 0.1) is 0 Å². The van der Waals surface area contributed by atoms with E-state index in [2.05, 4.69) is 4.74 Å². The lowest BCUT2D eigenvalue weighted by Crippen LogP contribution is -2.49. The van der Waals surface area contributed by atoms with Gasteiger partial charge in [-0.15, -0.1) is 0 Å². The smallest absolute Gasteiger partial charge is 0.341 e. The first-order valence-corrected chi connectivity index (χ1v) is 5.30. The number of carbonyl (C=O) groups excluding carboxylic acids is 2. The van der Waals surface area contributed by atoms with Gasteiger partial charge in [0.25, 0.3) is 0 Å². The zero-order valence-electron chi connectivity index (χ0n) is 10.7. The molecule has 0 aromatic carbocycles. The van der Waals surface area contributed by atoms with Crippen molar-refractivity contribution in [1.82, 2.24) is 0 Å². The van der Waals surface area contributed by atoms with Crippen LogP contribution in [0.2, 0.25) is 0 Å². The van der Waals surface area contributed by atoms with Crippen molar-refractivity contribution in [3.8, 4) is 0 Å². The van der Waals surface area contributed by atoms with Crippen LogP contribution in [0.5, 0.6) is 0 Å². The summed E-state index contributed by atoms with van der Waals surface area (Å²) in [6, 6.07) is 0. The molecule has 6 nitrogen and oxygen atoms in total. The van der Waals surface area contributed by atoms with Gasteiger partial charge in [-0.1, -0.05) is 0 Å². The van der Waals surface area contributed by atoms with E-state index in [1.54, 1.807) is 20.8 Å². The lowest BCUT2D eigenvalue weighted by Gasteiger charge is -2.27. The second-order valence-electron chi connectivity index (χ2n) is 4.40. The van der Waals surface area contributed by atoms with Crippen molar-refractivity contribution >= 4 is 11.9 Å². The lowest BCUT2D eigenvalue weighted by molar-refractivity contribution is -0.192. The molecule has 1 aliphatic heterocycles. The van der Waals surface area contributed by atoms with Crippen LogP contribution in [0.25, 0.3) is 0 Å². The first-order valence-electron chi connectivity index (χ1n) is 5.30. The first-order chi connectivity index (χ1) is 7.77. The molecule has 0 aromatic heterocycles. The Morgan fingerprint density at radius 3 is 2.18 bits per heavy atom. The number of rotatable bonds is 3. The Morgan fingerprint density at radius 2 is 1.82 bits per heavy atom. The molecule has 1 rings (SSSR count). The van der Waals surface area contributed by atoms with Crippen LogP contribution in [-0.2, 0) is 28.5 Å². The average Bonchev–Trinajstić information content (AvgIpc) is 2.48. The van der Waals surface area contributed by atoms with Crippen LogP contribution in [0.15, 0.2) is 0 Å². The highest BCUT2D eigenvalue weighted by molar-refractivity contribution is 5.86. The van der Waals surface area contributed by atoms with Crippen LogP contribution in [-0.4, -0.2) is 43.7 Å². The molecule has 0 radical (unpaired) electrons. The Morgan fingerprint density at radius 1 is 1.24 bits per heavy atom. The van der Waals surface area contributed by atoms with Crippen LogP contribution in [0.3, 0.4) is 0 Å². The number of ether oxygens (including phenoxy) is 4. The molecule has 0 amide bonds. The molecule has 0 aromatic rings. The quantitative estimate of drug-likeness (QED) is 0.680. The Balaban J connectivity index is 3.03. The summed E-state index contributed by atoms with van der Waals surface area (Å²) in [5.74, 6) is -2.13. The molecule has 0 bridgehead atoms. The summed E-state index contributed by atoms with van der Waals surface area (Å²) < 4.78 is 20.3. The summed E-state index contributed by atoms with van der Waals surface area (Å²) in [5, 5.41) is 0. The molecule has 0 aliphatic carbocycles. The minimum Gasteiger partial charge on any atom is -0.469 e. The molecular weight excluding hydrogens is 228 g/mol. The summed E-state index contributed by atoms with van der Waals surface area (Å²) in [4.78, 5) is 23.2. The van der Waals surface area contributed by atoms with E-state index in [4.69, 9.17) is 14.2 Å². The molecule has 1 aliphatic rings. The maximum Gasteiger partial charge on any atom is 0.341 e. The third-order valence-electron chi connectivity index (χ3n) is 2.71. The van der Waals surface area contributed by atoms with Gasteiger partial charge in [0.15, 0.2) is 5.79 Å². The fraction of sp³-hybridized carbons (Fsp3) is 0.818. The van der Waals surface area contributed by atoms with E-state index in [-0.39, 0.29) is 6.42 Å². The highest BCUT2D eigenvalue weighted by atomic mass is 16.8. The highest BCUT2D eigenvalue weighted by Crippen LogP contribution is 2.39. The number of hydrogen-bond donors (Lipinski definition) is 0. The van der Waals surface area contributed by atoms with Gasteiger partial charge < -0.3 is 18.9 Å². The van der Waals surface area contributed by atoms with Crippen molar-refractivity contribution < 1.29 is 28.5 Å². The molecule has 1 heterocycles. The minimum atomic E-state index is -1.44. The summed E-state index contributed by atoms with van der Waals surface area (Å²) in [6.45, 7) is 5.01. The van der Waals surface area contributed by atoms with Gasteiger partial charge in [-0.3, -0.25) is 4.79 Å². The Labute approximate surface area is 100 Å². The van der Waals surface area contributed by atoms with E-state index >= 15 is 0 Å². The van der Waals surface area contributed by atoms with Crippen molar-refractivity contribution in [2.24, 2.45) is 0 Å². The zero-order valence-corrected chi connectivity index (χ0v) is 10.7. The van der Waals surface area contributed by atoms with Gasteiger partial charge in [-0.25, -0.2) is 4.79 Å². The largest absolute Gasteiger partial charge is 0.469 e. The molecule has 98 valence electrons. The fourth-order valence-corrected chi connectivity index (χ4v) is 1.99. The Bertz CT molecular complexity index is 324. The van der Waals surface area contributed by atoms with Crippen LogP contribution in [0.1, 0.15) is 27.2 Å². The maximum absolute atomic E-state index is 11.9. The van der Waals surface area contributed by atoms with E-state index < -0.39 is 29.4 Å². The second-order valence-corrected chi connectivity index (χ2v) is 4.40. The Kier molecular flexibility index (Phi) is 3.78. The summed E-state index contributed by atoms with van der Waals surface area (Å²) >= 11 is 0. The minimum absolute atomic E-state index is 0.235. The van der Waals surface area contributed by atoms with Crippen molar-refractivity contribution in [3.05, 3.63) is 0 Å². The molecule has 0 N–H and O–H groups in total. The third kappa shape index (κ3) is 2.58. The molecule has 1 saturated heterocycles. The third-order valence-corrected chi connectivity index (χ3v) is 2.71. The summed E-state index contributed by atoms with van der Waals surface area (Å²) in [6.07, 6.45) is -0.829. The predicted octanol–water partition coefficient (Wildman–Crippen LogP) is 0.633. The van der Waals surface area contributed by atoms with Gasteiger partial charge in [-0.05, 0) is 20.8 Å². The molecule has 0 unspecified atom stereocenters. The molecular formula is C11H18O6. The number of esters is 2. The van der Waals surface area contributed by atoms with Gasteiger partial charge in [0, 0.05) is 0 Å². The van der Waals surface area contributed by atoms with E-state index in [9.17, 15) is 9.59 Å². The van der Waals surface area contributed by atoms with Gasteiger partial charge in [0.2, 0.25) is 5.60 Å². The Hall–Kier alpha value is -1.14. The van der Waals surface area contributed by atoms with Gasteiger partial charge >= 0.3 is 11.9 Å². The molecule has 6 heteroatoms. The maximum atomic E-state index is 11.9. The molecule has 2 atom stereocenters. The topological polar surface area (TPSA) is 71.1 Å². The van der Waals surface area contributed by atoms with Crippen molar-refractivity contribution in [2.75, 3.05) is 14.2 Å². The zero-order chi connectivity index (χ0) is 13.3. The van der Waals surface area contributed by atoms with Crippen molar-refractivity contribution in [3.63, 3.8) is 0 Å². The normalized spacial score (nSPS) is 31.0.